The highest BCUT2D eigenvalue weighted by molar-refractivity contribution is 6.32. The van der Waals surface area contributed by atoms with Gasteiger partial charge in [0.15, 0.2) is 0 Å². The lowest BCUT2D eigenvalue weighted by Crippen LogP contribution is -2.20. The molecule has 3 amide bonds. The van der Waals surface area contributed by atoms with Crippen LogP contribution in [0.5, 0.6) is 0 Å². The van der Waals surface area contributed by atoms with Crippen LogP contribution >= 0.6 is 23.2 Å². The van der Waals surface area contributed by atoms with Gasteiger partial charge in [-0.05, 0) is 78.8 Å². The standard InChI is InChI=1S/C25H29Cl2N3O3/c1-14-19(24(32)29-4)10-16(12-21(14)26)18(8-6-7-9-23(31)28-3)17-11-20(25(33)30-5)15(2)22(27)13-17/h8,10-13H,6-7,9H2,1-5H3,(H,28,31)(H,29,32)(H,30,33). The number of hydrogen-bond donors (Lipinski definition) is 3. The molecule has 2 aromatic rings. The Balaban J connectivity index is 2.67. The number of carbonyl (C=O) groups is 3. The van der Waals surface area contributed by atoms with E-state index in [1.165, 1.54) is 0 Å². The monoisotopic (exact) mass is 489 g/mol. The lowest BCUT2D eigenvalue weighted by atomic mass is 9.91. The number of amides is 3. The van der Waals surface area contributed by atoms with Crippen molar-refractivity contribution in [3.63, 3.8) is 0 Å². The van der Waals surface area contributed by atoms with E-state index in [4.69, 9.17) is 23.2 Å². The van der Waals surface area contributed by atoms with E-state index in [0.717, 1.165) is 5.57 Å². The average Bonchev–Trinajstić information content (AvgIpc) is 2.81. The van der Waals surface area contributed by atoms with Gasteiger partial charge in [-0.1, -0.05) is 29.3 Å². The first-order valence-corrected chi connectivity index (χ1v) is 11.4. The van der Waals surface area contributed by atoms with Gasteiger partial charge in [-0.3, -0.25) is 14.4 Å². The van der Waals surface area contributed by atoms with Gasteiger partial charge in [0, 0.05) is 48.7 Å². The summed E-state index contributed by atoms with van der Waals surface area (Å²) < 4.78 is 0. The number of carbonyl (C=O) groups excluding carboxylic acids is 3. The summed E-state index contributed by atoms with van der Waals surface area (Å²) in [5, 5.41) is 8.79. The van der Waals surface area contributed by atoms with Crippen molar-refractivity contribution in [2.24, 2.45) is 0 Å². The van der Waals surface area contributed by atoms with Crippen molar-refractivity contribution in [1.82, 2.24) is 16.0 Å². The van der Waals surface area contributed by atoms with Gasteiger partial charge in [0.05, 0.1) is 0 Å². The first kappa shape index (κ1) is 26.4. The Hall–Kier alpha value is -2.83. The molecule has 0 unspecified atom stereocenters. The molecule has 0 aliphatic heterocycles. The third kappa shape index (κ3) is 6.36. The second-order valence-electron chi connectivity index (χ2n) is 7.60. The second-order valence-corrected chi connectivity index (χ2v) is 8.42. The number of nitrogens with one attached hydrogen (secondary N) is 3. The summed E-state index contributed by atoms with van der Waals surface area (Å²) in [6.45, 7) is 3.58. The first-order chi connectivity index (χ1) is 15.6. The Morgan fingerprint density at radius 3 is 1.64 bits per heavy atom. The van der Waals surface area contributed by atoms with Gasteiger partial charge in [0.2, 0.25) is 5.91 Å². The molecule has 8 heteroatoms. The minimum atomic E-state index is -0.247. The number of hydrogen-bond acceptors (Lipinski definition) is 3. The SMILES string of the molecule is CNC(=O)CCCC=C(c1cc(Cl)c(C)c(C(=O)NC)c1)c1cc(Cl)c(C)c(C(=O)NC)c1. The third-order valence-corrected chi connectivity index (χ3v) is 6.27. The Kier molecular flexibility index (Phi) is 9.50. The molecule has 0 bridgehead atoms. The molecule has 0 aliphatic carbocycles. The molecular weight excluding hydrogens is 461 g/mol. The van der Waals surface area contributed by atoms with E-state index in [1.54, 1.807) is 59.3 Å². The zero-order valence-corrected chi connectivity index (χ0v) is 21.0. The molecule has 0 radical (unpaired) electrons. The van der Waals surface area contributed by atoms with Crippen LogP contribution in [0.4, 0.5) is 0 Å². The maximum Gasteiger partial charge on any atom is 0.251 e. The maximum absolute atomic E-state index is 12.4. The average molecular weight is 490 g/mol. The molecule has 3 N–H and O–H groups in total. The zero-order chi connectivity index (χ0) is 24.7. The van der Waals surface area contributed by atoms with Crippen molar-refractivity contribution >= 4 is 46.5 Å². The van der Waals surface area contributed by atoms with Gasteiger partial charge in [0.25, 0.3) is 11.8 Å². The third-order valence-electron chi connectivity index (χ3n) is 5.49. The molecule has 0 aliphatic rings. The molecule has 2 rings (SSSR count). The van der Waals surface area contributed by atoms with Crippen LogP contribution in [-0.4, -0.2) is 38.9 Å². The molecular formula is C25H29Cl2N3O3. The van der Waals surface area contributed by atoms with Crippen LogP contribution in [0.15, 0.2) is 30.3 Å². The van der Waals surface area contributed by atoms with Gasteiger partial charge in [0.1, 0.15) is 0 Å². The molecule has 2 aromatic carbocycles. The fourth-order valence-corrected chi connectivity index (χ4v) is 3.88. The lowest BCUT2D eigenvalue weighted by molar-refractivity contribution is -0.120. The second kappa shape index (κ2) is 11.9. The van der Waals surface area contributed by atoms with Crippen molar-refractivity contribution in [2.45, 2.75) is 33.1 Å². The summed E-state index contributed by atoms with van der Waals surface area (Å²) >= 11 is 13.0. The largest absolute Gasteiger partial charge is 0.359 e. The molecule has 6 nitrogen and oxygen atoms in total. The predicted octanol–water partition coefficient (Wildman–Crippen LogP) is 4.68. The summed E-state index contributed by atoms with van der Waals surface area (Å²) in [7, 11) is 4.73. The molecule has 0 saturated heterocycles. The van der Waals surface area contributed by atoms with E-state index in [2.05, 4.69) is 16.0 Å². The minimum Gasteiger partial charge on any atom is -0.359 e. The Morgan fingerprint density at radius 2 is 1.24 bits per heavy atom. The number of rotatable bonds is 8. The fourth-order valence-electron chi connectivity index (χ4n) is 3.45. The number of unbranched alkanes of at least 4 members (excludes halogenated alkanes) is 1. The first-order valence-electron chi connectivity index (χ1n) is 10.6. The van der Waals surface area contributed by atoms with E-state index in [9.17, 15) is 14.4 Å². The quantitative estimate of drug-likeness (QED) is 0.470. The van der Waals surface area contributed by atoms with Gasteiger partial charge >= 0.3 is 0 Å². The number of benzene rings is 2. The van der Waals surface area contributed by atoms with Gasteiger partial charge < -0.3 is 16.0 Å². The van der Waals surface area contributed by atoms with Crippen molar-refractivity contribution in [3.8, 4) is 0 Å². The van der Waals surface area contributed by atoms with Crippen LogP contribution in [0, 0.1) is 13.8 Å². The normalized spacial score (nSPS) is 10.4. The molecule has 0 spiro atoms. The highest BCUT2D eigenvalue weighted by Gasteiger charge is 2.18. The van der Waals surface area contributed by atoms with Crippen molar-refractivity contribution in [1.29, 1.82) is 0 Å². The lowest BCUT2D eigenvalue weighted by Gasteiger charge is -2.16. The summed E-state index contributed by atoms with van der Waals surface area (Å²) in [6.07, 6.45) is 3.60. The topological polar surface area (TPSA) is 87.3 Å². The Bertz CT molecular complexity index is 1040. The van der Waals surface area contributed by atoms with Gasteiger partial charge in [-0.2, -0.15) is 0 Å². The Morgan fingerprint density at radius 1 is 0.788 bits per heavy atom. The molecule has 0 saturated carbocycles. The highest BCUT2D eigenvalue weighted by Crippen LogP contribution is 2.33. The molecule has 176 valence electrons. The van der Waals surface area contributed by atoms with E-state index in [0.29, 0.717) is 62.7 Å². The van der Waals surface area contributed by atoms with Gasteiger partial charge in [-0.25, -0.2) is 0 Å². The van der Waals surface area contributed by atoms with E-state index >= 15 is 0 Å². The highest BCUT2D eigenvalue weighted by atomic mass is 35.5. The van der Waals surface area contributed by atoms with E-state index < -0.39 is 0 Å². The fraction of sp³-hybridized carbons (Fsp3) is 0.320. The molecule has 0 atom stereocenters. The smallest absolute Gasteiger partial charge is 0.251 e. The summed E-state index contributed by atoms with van der Waals surface area (Å²) in [4.78, 5) is 36.5. The van der Waals surface area contributed by atoms with Crippen molar-refractivity contribution < 1.29 is 14.4 Å². The van der Waals surface area contributed by atoms with Crippen molar-refractivity contribution in [2.75, 3.05) is 21.1 Å². The van der Waals surface area contributed by atoms with Crippen molar-refractivity contribution in [3.05, 3.63) is 73.8 Å². The summed E-state index contributed by atoms with van der Waals surface area (Å²) in [6, 6.07) is 7.14. The maximum atomic E-state index is 12.4. The molecule has 0 aromatic heterocycles. The molecule has 33 heavy (non-hydrogen) atoms. The Labute approximate surface area is 204 Å². The molecule has 0 heterocycles. The van der Waals surface area contributed by atoms with Gasteiger partial charge in [-0.15, -0.1) is 0 Å². The van der Waals surface area contributed by atoms with Crippen LogP contribution in [0.3, 0.4) is 0 Å². The number of allylic oxidation sites excluding steroid dienone is 1. The summed E-state index contributed by atoms with van der Waals surface area (Å²) in [5.74, 6) is -0.531. The number of halogens is 2. The molecule has 0 fully saturated rings. The van der Waals surface area contributed by atoms with E-state index in [-0.39, 0.29) is 17.7 Å². The minimum absolute atomic E-state index is 0.0366. The van der Waals surface area contributed by atoms with E-state index in [1.807, 2.05) is 6.08 Å². The van der Waals surface area contributed by atoms with Crippen LogP contribution in [0.1, 0.15) is 62.2 Å². The summed E-state index contributed by atoms with van der Waals surface area (Å²) in [5.41, 5.74) is 4.46. The van der Waals surface area contributed by atoms with Crippen LogP contribution in [-0.2, 0) is 4.79 Å². The zero-order valence-electron chi connectivity index (χ0n) is 19.5. The van der Waals surface area contributed by atoms with Crippen LogP contribution in [0.25, 0.3) is 5.57 Å². The van der Waals surface area contributed by atoms with Crippen LogP contribution in [0.2, 0.25) is 10.0 Å². The van der Waals surface area contributed by atoms with Crippen LogP contribution < -0.4 is 16.0 Å². The predicted molar refractivity (Wildman–Crippen MR) is 134 cm³/mol.